The zero-order valence-electron chi connectivity index (χ0n) is 12.4. The van der Waals surface area contributed by atoms with Crippen LogP contribution in [0.15, 0.2) is 0 Å². The number of rotatable bonds is 8. The molecule has 19 heavy (non-hydrogen) atoms. The minimum absolute atomic E-state index is 0.140. The van der Waals surface area contributed by atoms with Gasteiger partial charge in [0.2, 0.25) is 17.8 Å². The molecule has 108 valence electrons. The number of hydrogen-bond donors (Lipinski definition) is 2. The summed E-state index contributed by atoms with van der Waals surface area (Å²) in [5.41, 5.74) is 0. The molecule has 0 bridgehead atoms. The van der Waals surface area contributed by atoms with Crippen molar-refractivity contribution in [3.8, 4) is 0 Å². The molecule has 2 N–H and O–H groups in total. The smallest absolute Gasteiger partial charge is 0.231 e. The molecule has 1 heterocycles. The monoisotopic (exact) mass is 268 g/mol. The van der Waals surface area contributed by atoms with Gasteiger partial charge in [0.25, 0.3) is 0 Å². The molecule has 0 aliphatic rings. The molecular formula is C12H24N6O. The number of methoxy groups -OCH3 is 1. The van der Waals surface area contributed by atoms with Crippen LogP contribution in [-0.2, 0) is 4.74 Å². The summed E-state index contributed by atoms with van der Waals surface area (Å²) in [6.07, 6.45) is 0. The predicted molar refractivity (Wildman–Crippen MR) is 77.9 cm³/mol. The van der Waals surface area contributed by atoms with E-state index in [4.69, 9.17) is 4.74 Å². The molecule has 7 heteroatoms. The molecule has 1 aromatic heterocycles. The second-order valence-corrected chi connectivity index (χ2v) is 4.21. The van der Waals surface area contributed by atoms with Crippen molar-refractivity contribution < 1.29 is 4.74 Å². The van der Waals surface area contributed by atoms with E-state index in [9.17, 15) is 0 Å². The summed E-state index contributed by atoms with van der Waals surface area (Å²) in [5, 5.41) is 6.16. The minimum Gasteiger partial charge on any atom is -0.383 e. The van der Waals surface area contributed by atoms with Gasteiger partial charge in [-0.1, -0.05) is 0 Å². The minimum atomic E-state index is 0.140. The summed E-state index contributed by atoms with van der Waals surface area (Å²) in [5.74, 6) is 1.80. The Morgan fingerprint density at radius 3 is 2.32 bits per heavy atom. The molecule has 0 saturated heterocycles. The van der Waals surface area contributed by atoms with Crippen molar-refractivity contribution in [2.75, 3.05) is 49.4 Å². The van der Waals surface area contributed by atoms with Crippen molar-refractivity contribution in [3.05, 3.63) is 0 Å². The van der Waals surface area contributed by atoms with E-state index in [2.05, 4.69) is 44.3 Å². The first-order valence-corrected chi connectivity index (χ1v) is 6.58. The molecule has 0 saturated carbocycles. The van der Waals surface area contributed by atoms with Crippen LogP contribution in [0, 0.1) is 0 Å². The van der Waals surface area contributed by atoms with Crippen LogP contribution < -0.4 is 15.5 Å². The summed E-state index contributed by atoms with van der Waals surface area (Å²) in [4.78, 5) is 15.2. The Kier molecular flexibility index (Phi) is 6.27. The zero-order chi connectivity index (χ0) is 14.3. The number of nitrogens with one attached hydrogen (secondary N) is 2. The van der Waals surface area contributed by atoms with Crippen molar-refractivity contribution in [1.29, 1.82) is 0 Å². The second-order valence-electron chi connectivity index (χ2n) is 4.21. The predicted octanol–water partition coefficient (Wildman–Crippen LogP) is 1.21. The van der Waals surface area contributed by atoms with Crippen LogP contribution in [0.1, 0.15) is 20.8 Å². The molecule has 0 aliphatic carbocycles. The number of ether oxygens (including phenoxy) is 1. The van der Waals surface area contributed by atoms with Crippen molar-refractivity contribution in [2.24, 2.45) is 0 Å². The van der Waals surface area contributed by atoms with Crippen LogP contribution in [0.2, 0.25) is 0 Å². The van der Waals surface area contributed by atoms with E-state index >= 15 is 0 Å². The van der Waals surface area contributed by atoms with Crippen molar-refractivity contribution >= 4 is 17.8 Å². The largest absolute Gasteiger partial charge is 0.383 e. The van der Waals surface area contributed by atoms with Gasteiger partial charge in [-0.05, 0) is 20.8 Å². The SMILES string of the molecule is CCN(CC)c1nc(NC)nc(NC(C)COC)n1. The van der Waals surface area contributed by atoms with Crippen LogP contribution in [0.25, 0.3) is 0 Å². The summed E-state index contributed by atoms with van der Waals surface area (Å²) in [7, 11) is 3.47. The summed E-state index contributed by atoms with van der Waals surface area (Å²) >= 11 is 0. The van der Waals surface area contributed by atoms with E-state index in [-0.39, 0.29) is 6.04 Å². The van der Waals surface area contributed by atoms with Crippen LogP contribution in [0.5, 0.6) is 0 Å². The maximum Gasteiger partial charge on any atom is 0.231 e. The van der Waals surface area contributed by atoms with E-state index < -0.39 is 0 Å². The van der Waals surface area contributed by atoms with Gasteiger partial charge >= 0.3 is 0 Å². The number of hydrogen-bond acceptors (Lipinski definition) is 7. The van der Waals surface area contributed by atoms with Gasteiger partial charge in [0.05, 0.1) is 6.61 Å². The van der Waals surface area contributed by atoms with Gasteiger partial charge in [-0.2, -0.15) is 15.0 Å². The lowest BCUT2D eigenvalue weighted by Gasteiger charge is -2.20. The van der Waals surface area contributed by atoms with E-state index in [0.717, 1.165) is 13.1 Å². The maximum atomic E-state index is 5.09. The average Bonchev–Trinajstić information content (AvgIpc) is 2.40. The highest BCUT2D eigenvalue weighted by atomic mass is 16.5. The lowest BCUT2D eigenvalue weighted by Crippen LogP contribution is -2.27. The first kappa shape index (κ1) is 15.4. The molecule has 7 nitrogen and oxygen atoms in total. The highest BCUT2D eigenvalue weighted by molar-refractivity contribution is 5.43. The van der Waals surface area contributed by atoms with Gasteiger partial charge in [0, 0.05) is 33.3 Å². The van der Waals surface area contributed by atoms with Crippen LogP contribution >= 0.6 is 0 Å². The quantitative estimate of drug-likeness (QED) is 0.734. The molecule has 0 fully saturated rings. The molecule has 1 aromatic rings. The molecule has 1 unspecified atom stereocenters. The van der Waals surface area contributed by atoms with E-state index in [0.29, 0.717) is 24.5 Å². The Morgan fingerprint density at radius 2 is 1.79 bits per heavy atom. The van der Waals surface area contributed by atoms with Crippen molar-refractivity contribution in [3.63, 3.8) is 0 Å². The molecule has 0 aliphatic heterocycles. The molecule has 0 spiro atoms. The Hall–Kier alpha value is -1.63. The van der Waals surface area contributed by atoms with Gasteiger partial charge < -0.3 is 20.3 Å². The fourth-order valence-electron chi connectivity index (χ4n) is 1.70. The number of anilines is 3. The fourth-order valence-corrected chi connectivity index (χ4v) is 1.70. The molecule has 1 atom stereocenters. The van der Waals surface area contributed by atoms with Gasteiger partial charge in [-0.15, -0.1) is 0 Å². The lowest BCUT2D eigenvalue weighted by molar-refractivity contribution is 0.190. The summed E-state index contributed by atoms with van der Waals surface area (Å²) in [6, 6.07) is 0.140. The van der Waals surface area contributed by atoms with E-state index in [1.807, 2.05) is 6.92 Å². The normalized spacial score (nSPS) is 12.1. The number of nitrogens with zero attached hydrogens (tertiary/aromatic N) is 4. The van der Waals surface area contributed by atoms with Crippen LogP contribution in [0.3, 0.4) is 0 Å². The number of aromatic nitrogens is 3. The third-order valence-corrected chi connectivity index (χ3v) is 2.69. The Bertz CT molecular complexity index is 382. The zero-order valence-corrected chi connectivity index (χ0v) is 12.4. The Balaban J connectivity index is 2.94. The molecule has 0 aromatic carbocycles. The highest BCUT2D eigenvalue weighted by Gasteiger charge is 2.12. The summed E-state index contributed by atoms with van der Waals surface area (Å²) < 4.78 is 5.09. The standard InChI is InChI=1S/C12H24N6O/c1-6-18(7-2)12-16-10(13-4)15-11(17-12)14-9(3)8-19-5/h9H,6-8H2,1-5H3,(H2,13,14,15,16,17). The second kappa shape index (κ2) is 7.73. The van der Waals surface area contributed by atoms with Crippen LogP contribution in [0.4, 0.5) is 17.8 Å². The average molecular weight is 268 g/mol. The molecular weight excluding hydrogens is 244 g/mol. The first-order valence-electron chi connectivity index (χ1n) is 6.58. The first-order chi connectivity index (χ1) is 9.14. The summed E-state index contributed by atoms with van der Waals surface area (Å²) in [6.45, 7) is 8.48. The molecule has 1 rings (SSSR count). The molecule has 0 amide bonds. The Labute approximate surface area is 114 Å². The Morgan fingerprint density at radius 1 is 1.16 bits per heavy atom. The molecule has 0 radical (unpaired) electrons. The lowest BCUT2D eigenvalue weighted by atomic mass is 10.4. The highest BCUT2D eigenvalue weighted by Crippen LogP contribution is 2.13. The van der Waals surface area contributed by atoms with Crippen molar-refractivity contribution in [1.82, 2.24) is 15.0 Å². The van der Waals surface area contributed by atoms with E-state index in [1.54, 1.807) is 14.2 Å². The topological polar surface area (TPSA) is 75.2 Å². The third kappa shape index (κ3) is 4.51. The van der Waals surface area contributed by atoms with Gasteiger partial charge in [0.1, 0.15) is 0 Å². The third-order valence-electron chi connectivity index (χ3n) is 2.69. The maximum absolute atomic E-state index is 5.09. The van der Waals surface area contributed by atoms with Crippen LogP contribution in [-0.4, -0.2) is 54.8 Å². The van der Waals surface area contributed by atoms with Gasteiger partial charge in [0.15, 0.2) is 0 Å². The van der Waals surface area contributed by atoms with Crippen molar-refractivity contribution in [2.45, 2.75) is 26.8 Å². The fraction of sp³-hybridized carbons (Fsp3) is 0.750. The van der Waals surface area contributed by atoms with E-state index in [1.165, 1.54) is 0 Å². The van der Waals surface area contributed by atoms with Gasteiger partial charge in [-0.25, -0.2) is 0 Å². The van der Waals surface area contributed by atoms with Gasteiger partial charge in [-0.3, -0.25) is 0 Å².